The van der Waals surface area contributed by atoms with E-state index in [9.17, 15) is 0 Å². The van der Waals surface area contributed by atoms with Crippen LogP contribution in [0.2, 0.25) is 0 Å². The molecule has 0 amide bonds. The molecule has 2 heterocycles. The minimum absolute atomic E-state index is 0.0893. The number of rotatable bonds is 8. The van der Waals surface area contributed by atoms with Gasteiger partial charge in [0.05, 0.1) is 17.5 Å². The maximum Gasteiger partial charge on any atom is 0.194 e. The van der Waals surface area contributed by atoms with Gasteiger partial charge in [0.15, 0.2) is 4.96 Å². The summed E-state index contributed by atoms with van der Waals surface area (Å²) in [5.41, 5.74) is 3.84. The van der Waals surface area contributed by atoms with E-state index >= 15 is 0 Å². The van der Waals surface area contributed by atoms with Crippen LogP contribution in [0.5, 0.6) is 0 Å². The Morgan fingerprint density at radius 3 is 2.92 bits per heavy atom. The molecule has 0 aliphatic heterocycles. The summed E-state index contributed by atoms with van der Waals surface area (Å²) in [5, 5.41) is 5.70. The molecule has 0 radical (unpaired) electrons. The van der Waals surface area contributed by atoms with Crippen LogP contribution in [0, 0.1) is 0 Å². The van der Waals surface area contributed by atoms with Crippen LogP contribution in [0.4, 0.5) is 0 Å². The molecule has 1 saturated carbocycles. The zero-order valence-electron chi connectivity index (χ0n) is 13.9. The third-order valence-corrected chi connectivity index (χ3v) is 5.27. The van der Waals surface area contributed by atoms with Gasteiger partial charge in [0.1, 0.15) is 0 Å². The van der Waals surface area contributed by atoms with Gasteiger partial charge in [-0.15, -0.1) is 11.3 Å². The van der Waals surface area contributed by atoms with Crippen molar-refractivity contribution in [2.45, 2.75) is 38.3 Å². The Labute approximate surface area is 146 Å². The molecule has 5 heteroatoms. The molecule has 1 aromatic carbocycles. The number of aromatic nitrogens is 2. The van der Waals surface area contributed by atoms with Crippen molar-refractivity contribution in [2.75, 3.05) is 13.2 Å². The summed E-state index contributed by atoms with van der Waals surface area (Å²) < 4.78 is 8.17. The molecule has 3 aromatic rings. The number of imidazole rings is 1. The van der Waals surface area contributed by atoms with E-state index in [-0.39, 0.29) is 6.10 Å². The second-order valence-corrected chi connectivity index (χ2v) is 7.13. The van der Waals surface area contributed by atoms with Gasteiger partial charge in [-0.25, -0.2) is 4.98 Å². The smallest absolute Gasteiger partial charge is 0.194 e. The van der Waals surface area contributed by atoms with Crippen molar-refractivity contribution >= 4 is 16.3 Å². The first kappa shape index (κ1) is 15.8. The van der Waals surface area contributed by atoms with Crippen molar-refractivity contribution in [1.29, 1.82) is 0 Å². The molecule has 0 spiro atoms. The number of ether oxygens (including phenoxy) is 1. The Hall–Kier alpha value is -1.69. The summed E-state index contributed by atoms with van der Waals surface area (Å²) in [6.45, 7) is 4.41. The maximum absolute atomic E-state index is 5.93. The highest BCUT2D eigenvalue weighted by molar-refractivity contribution is 7.15. The monoisotopic (exact) mass is 341 g/mol. The lowest BCUT2D eigenvalue weighted by molar-refractivity contribution is 0.0620. The van der Waals surface area contributed by atoms with Gasteiger partial charge >= 0.3 is 0 Å². The largest absolute Gasteiger partial charge is 0.372 e. The zero-order chi connectivity index (χ0) is 16.4. The first-order valence-electron chi connectivity index (χ1n) is 8.68. The normalized spacial score (nSPS) is 15.9. The number of thiazole rings is 1. The van der Waals surface area contributed by atoms with E-state index in [1.165, 1.54) is 29.8 Å². The number of fused-ring (bicyclic) bond motifs is 1. The first-order valence-corrected chi connectivity index (χ1v) is 9.56. The number of nitrogens with zero attached hydrogens (tertiary/aromatic N) is 2. The molecule has 1 N–H and O–H groups in total. The number of benzene rings is 1. The molecular weight excluding hydrogens is 318 g/mol. The Kier molecular flexibility index (Phi) is 4.65. The standard InChI is InChI=1S/C19H23N3OS/c1-2-23-17(14-6-4-3-5-7-14)13-20-12-16-18(15-8-9-15)21-19-22(16)10-11-24-19/h3-7,10-11,15,17,20H,2,8-9,12-13H2,1H3. The van der Waals surface area contributed by atoms with Crippen LogP contribution >= 0.6 is 11.3 Å². The van der Waals surface area contributed by atoms with E-state index in [1.54, 1.807) is 11.3 Å². The fraction of sp³-hybridized carbons (Fsp3) is 0.421. The lowest BCUT2D eigenvalue weighted by Crippen LogP contribution is -2.24. The maximum atomic E-state index is 5.93. The Morgan fingerprint density at radius 1 is 1.33 bits per heavy atom. The van der Waals surface area contributed by atoms with Gasteiger partial charge in [0.25, 0.3) is 0 Å². The Bertz CT molecular complexity index is 791. The van der Waals surface area contributed by atoms with Crippen LogP contribution in [0.25, 0.3) is 4.96 Å². The number of hydrogen-bond donors (Lipinski definition) is 1. The molecule has 4 nitrogen and oxygen atoms in total. The average Bonchev–Trinajstić information content (AvgIpc) is 3.25. The third-order valence-electron chi connectivity index (χ3n) is 4.52. The van der Waals surface area contributed by atoms with E-state index in [0.717, 1.165) is 24.7 Å². The van der Waals surface area contributed by atoms with Crippen LogP contribution in [0.15, 0.2) is 41.9 Å². The van der Waals surface area contributed by atoms with Crippen molar-refractivity contribution in [3.8, 4) is 0 Å². The second-order valence-electron chi connectivity index (χ2n) is 6.26. The zero-order valence-corrected chi connectivity index (χ0v) is 14.8. The molecule has 126 valence electrons. The summed E-state index contributed by atoms with van der Waals surface area (Å²) in [6.07, 6.45) is 4.78. The van der Waals surface area contributed by atoms with E-state index in [1.807, 2.05) is 13.0 Å². The molecule has 0 bridgehead atoms. The van der Waals surface area contributed by atoms with Gasteiger partial charge in [0, 0.05) is 37.2 Å². The van der Waals surface area contributed by atoms with Gasteiger partial charge < -0.3 is 10.1 Å². The molecule has 1 fully saturated rings. The molecule has 2 aromatic heterocycles. The molecule has 24 heavy (non-hydrogen) atoms. The minimum atomic E-state index is 0.0893. The SMILES string of the molecule is CCOC(CNCc1c(C2CC2)nc2sccn12)c1ccccc1. The summed E-state index contributed by atoms with van der Waals surface area (Å²) in [6, 6.07) is 10.4. The highest BCUT2D eigenvalue weighted by Crippen LogP contribution is 2.41. The van der Waals surface area contributed by atoms with Crippen molar-refractivity contribution in [1.82, 2.24) is 14.7 Å². The molecular formula is C19H23N3OS. The van der Waals surface area contributed by atoms with Gasteiger partial charge in [-0.1, -0.05) is 30.3 Å². The Balaban J connectivity index is 1.46. The highest BCUT2D eigenvalue weighted by atomic mass is 32.1. The topological polar surface area (TPSA) is 38.6 Å². The molecule has 0 saturated heterocycles. The fourth-order valence-electron chi connectivity index (χ4n) is 3.17. The van der Waals surface area contributed by atoms with E-state index in [2.05, 4.69) is 45.6 Å². The van der Waals surface area contributed by atoms with Crippen LogP contribution in [0.3, 0.4) is 0 Å². The third kappa shape index (κ3) is 3.24. The second kappa shape index (κ2) is 7.05. The molecule has 1 unspecified atom stereocenters. The van der Waals surface area contributed by atoms with Crippen LogP contribution in [-0.4, -0.2) is 22.5 Å². The number of hydrogen-bond acceptors (Lipinski definition) is 4. The predicted molar refractivity (Wildman–Crippen MR) is 97.6 cm³/mol. The first-order chi connectivity index (χ1) is 11.9. The summed E-state index contributed by atoms with van der Waals surface area (Å²) in [5.74, 6) is 0.672. The average molecular weight is 341 g/mol. The van der Waals surface area contributed by atoms with E-state index in [4.69, 9.17) is 9.72 Å². The van der Waals surface area contributed by atoms with Crippen molar-refractivity contribution in [3.05, 3.63) is 58.9 Å². The van der Waals surface area contributed by atoms with Gasteiger partial charge in [-0.3, -0.25) is 4.40 Å². The highest BCUT2D eigenvalue weighted by Gasteiger charge is 2.30. The quantitative estimate of drug-likeness (QED) is 0.669. The molecule has 4 rings (SSSR count). The van der Waals surface area contributed by atoms with Gasteiger partial charge in [-0.2, -0.15) is 0 Å². The Morgan fingerprint density at radius 2 is 2.17 bits per heavy atom. The van der Waals surface area contributed by atoms with Crippen LogP contribution in [-0.2, 0) is 11.3 Å². The molecule has 1 atom stereocenters. The predicted octanol–water partition coefficient (Wildman–Crippen LogP) is 4.14. The fourth-order valence-corrected chi connectivity index (χ4v) is 3.91. The van der Waals surface area contributed by atoms with Crippen molar-refractivity contribution < 1.29 is 4.74 Å². The van der Waals surface area contributed by atoms with Crippen LogP contribution < -0.4 is 5.32 Å². The lowest BCUT2D eigenvalue weighted by Gasteiger charge is -2.18. The van der Waals surface area contributed by atoms with Crippen molar-refractivity contribution in [3.63, 3.8) is 0 Å². The summed E-state index contributed by atoms with van der Waals surface area (Å²) >= 11 is 1.71. The minimum Gasteiger partial charge on any atom is -0.372 e. The molecule has 1 aliphatic carbocycles. The lowest BCUT2D eigenvalue weighted by atomic mass is 10.1. The van der Waals surface area contributed by atoms with E-state index in [0.29, 0.717) is 5.92 Å². The number of nitrogens with one attached hydrogen (secondary N) is 1. The summed E-state index contributed by atoms with van der Waals surface area (Å²) in [7, 11) is 0. The van der Waals surface area contributed by atoms with Gasteiger partial charge in [0.2, 0.25) is 0 Å². The van der Waals surface area contributed by atoms with Gasteiger partial charge in [-0.05, 0) is 25.3 Å². The van der Waals surface area contributed by atoms with Crippen LogP contribution in [0.1, 0.15) is 48.7 Å². The molecule has 1 aliphatic rings. The summed E-state index contributed by atoms with van der Waals surface area (Å²) in [4.78, 5) is 5.95. The van der Waals surface area contributed by atoms with Crippen molar-refractivity contribution in [2.24, 2.45) is 0 Å². The van der Waals surface area contributed by atoms with E-state index < -0.39 is 0 Å².